The molecule has 1 aliphatic rings. The van der Waals surface area contributed by atoms with Gasteiger partial charge in [0, 0.05) is 24.1 Å². The topological polar surface area (TPSA) is 109 Å². The first-order valence-corrected chi connectivity index (χ1v) is 13.1. The van der Waals surface area contributed by atoms with Crippen LogP contribution in [0.1, 0.15) is 33.9 Å². The normalized spacial score (nSPS) is 14.7. The summed E-state index contributed by atoms with van der Waals surface area (Å²) < 4.78 is 17.9. The summed E-state index contributed by atoms with van der Waals surface area (Å²) in [5.41, 5.74) is 3.46. The largest absolute Gasteiger partial charge is 0.493 e. The first-order chi connectivity index (χ1) is 20.0. The van der Waals surface area contributed by atoms with E-state index in [9.17, 15) is 14.7 Å². The van der Waals surface area contributed by atoms with Crippen molar-refractivity contribution in [1.29, 1.82) is 5.26 Å². The number of rotatable bonds is 9. The predicted octanol–water partition coefficient (Wildman–Crippen LogP) is 5.30. The molecule has 206 valence electrons. The Morgan fingerprint density at radius 1 is 0.976 bits per heavy atom. The van der Waals surface area contributed by atoms with E-state index in [2.05, 4.69) is 6.07 Å². The van der Waals surface area contributed by atoms with E-state index in [-0.39, 0.29) is 19.6 Å². The third kappa shape index (κ3) is 5.99. The van der Waals surface area contributed by atoms with E-state index in [1.165, 1.54) is 12.0 Å². The van der Waals surface area contributed by atoms with Crippen molar-refractivity contribution in [3.63, 3.8) is 0 Å². The van der Waals surface area contributed by atoms with E-state index >= 15 is 0 Å². The standard InChI is InChI=1S/C33H28N2O6/c1-39-29-17-14-25-20-35(28(33(37)38)18-27(25)31(29)40-21-23-8-4-2-5-9-23)32(36)30(24-10-6-3-7-11-24)41-26-15-12-22(19-34)13-16-26/h2-17,28,30H,18,20-21H2,1H3,(H,37,38)/t28-,30-/m1/s1. The highest BCUT2D eigenvalue weighted by molar-refractivity contribution is 5.88. The van der Waals surface area contributed by atoms with Gasteiger partial charge in [-0.25, -0.2) is 4.79 Å². The third-order valence-electron chi connectivity index (χ3n) is 7.01. The van der Waals surface area contributed by atoms with Crippen molar-refractivity contribution < 1.29 is 28.9 Å². The van der Waals surface area contributed by atoms with E-state index < -0.39 is 24.0 Å². The van der Waals surface area contributed by atoms with Crippen molar-refractivity contribution >= 4 is 11.9 Å². The maximum atomic E-state index is 14.1. The van der Waals surface area contributed by atoms with Crippen molar-refractivity contribution in [2.45, 2.75) is 31.7 Å². The van der Waals surface area contributed by atoms with E-state index in [0.717, 1.165) is 11.1 Å². The van der Waals surface area contributed by atoms with Gasteiger partial charge in [0.15, 0.2) is 11.5 Å². The number of hydrogen-bond donors (Lipinski definition) is 1. The molecular weight excluding hydrogens is 520 g/mol. The zero-order valence-corrected chi connectivity index (χ0v) is 22.4. The van der Waals surface area contributed by atoms with E-state index in [1.807, 2.05) is 42.5 Å². The monoisotopic (exact) mass is 548 g/mol. The van der Waals surface area contributed by atoms with Crippen LogP contribution in [0.25, 0.3) is 0 Å². The summed E-state index contributed by atoms with van der Waals surface area (Å²) in [6.07, 6.45) is -1.06. The molecule has 1 amide bonds. The van der Waals surface area contributed by atoms with Crippen LogP contribution in [0, 0.1) is 11.3 Å². The van der Waals surface area contributed by atoms with Crippen molar-refractivity contribution in [1.82, 2.24) is 4.90 Å². The van der Waals surface area contributed by atoms with Gasteiger partial charge < -0.3 is 24.2 Å². The molecule has 0 bridgehead atoms. The number of carbonyl (C=O) groups is 2. The van der Waals surface area contributed by atoms with Gasteiger partial charge in [-0.2, -0.15) is 5.26 Å². The van der Waals surface area contributed by atoms with Crippen LogP contribution < -0.4 is 14.2 Å². The summed E-state index contributed by atoms with van der Waals surface area (Å²) >= 11 is 0. The summed E-state index contributed by atoms with van der Waals surface area (Å²) in [5.74, 6) is -0.264. The van der Waals surface area contributed by atoms with Crippen LogP contribution in [-0.2, 0) is 29.2 Å². The molecule has 0 fully saturated rings. The quantitative estimate of drug-likeness (QED) is 0.302. The minimum atomic E-state index is -1.16. The lowest BCUT2D eigenvalue weighted by Crippen LogP contribution is -2.51. The predicted molar refractivity (Wildman–Crippen MR) is 150 cm³/mol. The van der Waals surface area contributed by atoms with Gasteiger partial charge in [0.1, 0.15) is 18.4 Å². The molecule has 8 nitrogen and oxygen atoms in total. The summed E-state index contributed by atoms with van der Waals surface area (Å²) in [6, 6.07) is 29.5. The van der Waals surface area contributed by atoms with Gasteiger partial charge in [-0.1, -0.05) is 66.7 Å². The lowest BCUT2D eigenvalue weighted by molar-refractivity contribution is -0.155. The summed E-state index contributed by atoms with van der Waals surface area (Å²) in [6.45, 7) is 0.333. The molecule has 0 radical (unpaired) electrons. The molecule has 0 aromatic heterocycles. The Morgan fingerprint density at radius 2 is 1.66 bits per heavy atom. The lowest BCUT2D eigenvalue weighted by atomic mass is 9.91. The van der Waals surface area contributed by atoms with Crippen LogP contribution in [0.15, 0.2) is 97.1 Å². The Morgan fingerprint density at radius 3 is 2.29 bits per heavy atom. The Bertz CT molecular complexity index is 1570. The Balaban J connectivity index is 1.48. The Hall–Kier alpha value is -5.29. The molecule has 2 atom stereocenters. The summed E-state index contributed by atoms with van der Waals surface area (Å²) in [5, 5.41) is 19.4. The van der Waals surface area contributed by atoms with Crippen LogP contribution >= 0.6 is 0 Å². The molecule has 0 saturated heterocycles. The number of carboxylic acid groups (broad SMARTS) is 1. The second kappa shape index (κ2) is 12.3. The van der Waals surface area contributed by atoms with E-state index in [1.54, 1.807) is 54.6 Å². The number of aliphatic carboxylic acids is 1. The first kappa shape index (κ1) is 27.3. The zero-order chi connectivity index (χ0) is 28.8. The van der Waals surface area contributed by atoms with Gasteiger partial charge in [-0.3, -0.25) is 4.79 Å². The Kier molecular flexibility index (Phi) is 8.16. The number of methoxy groups -OCH3 is 1. The number of fused-ring (bicyclic) bond motifs is 1. The number of hydrogen-bond acceptors (Lipinski definition) is 6. The molecule has 41 heavy (non-hydrogen) atoms. The van der Waals surface area contributed by atoms with E-state index in [4.69, 9.17) is 19.5 Å². The number of ether oxygens (including phenoxy) is 3. The van der Waals surface area contributed by atoms with Crippen molar-refractivity contribution in [3.05, 3.63) is 125 Å². The number of benzene rings is 4. The average molecular weight is 549 g/mol. The van der Waals surface area contributed by atoms with Gasteiger partial charge in [0.05, 0.1) is 18.7 Å². The Labute approximate surface area is 237 Å². The number of amides is 1. The van der Waals surface area contributed by atoms with Crippen molar-refractivity contribution in [2.75, 3.05) is 7.11 Å². The molecule has 0 saturated carbocycles. The van der Waals surface area contributed by atoms with Crippen LogP contribution in [-0.4, -0.2) is 35.0 Å². The number of nitrogens with zero attached hydrogens (tertiary/aromatic N) is 2. The molecule has 0 aliphatic carbocycles. The number of carboxylic acids is 1. The van der Waals surface area contributed by atoms with E-state index in [0.29, 0.717) is 33.9 Å². The highest BCUT2D eigenvalue weighted by atomic mass is 16.5. The fourth-order valence-electron chi connectivity index (χ4n) is 4.90. The molecule has 0 unspecified atom stereocenters. The molecular formula is C33H28N2O6. The maximum Gasteiger partial charge on any atom is 0.326 e. The highest BCUT2D eigenvalue weighted by Crippen LogP contribution is 2.40. The fraction of sp³-hybridized carbons (Fsp3) is 0.182. The summed E-state index contributed by atoms with van der Waals surface area (Å²) in [4.78, 5) is 28.0. The van der Waals surface area contributed by atoms with Crippen molar-refractivity contribution in [2.24, 2.45) is 0 Å². The molecule has 0 spiro atoms. The summed E-state index contributed by atoms with van der Waals surface area (Å²) in [7, 11) is 1.54. The molecule has 8 heteroatoms. The molecule has 5 rings (SSSR count). The molecule has 4 aromatic carbocycles. The minimum Gasteiger partial charge on any atom is -0.493 e. The minimum absolute atomic E-state index is 0.0378. The fourth-order valence-corrected chi connectivity index (χ4v) is 4.90. The van der Waals surface area contributed by atoms with Crippen molar-refractivity contribution in [3.8, 4) is 23.3 Å². The second-order valence-electron chi connectivity index (χ2n) is 9.58. The first-order valence-electron chi connectivity index (χ1n) is 13.1. The van der Waals surface area contributed by atoms with Crippen LogP contribution in [0.3, 0.4) is 0 Å². The number of nitriles is 1. The van der Waals surface area contributed by atoms with Crippen LogP contribution in [0.2, 0.25) is 0 Å². The van der Waals surface area contributed by atoms with Crippen LogP contribution in [0.5, 0.6) is 17.2 Å². The van der Waals surface area contributed by atoms with Gasteiger partial charge in [-0.05, 0) is 41.5 Å². The maximum absolute atomic E-state index is 14.1. The molecule has 1 heterocycles. The third-order valence-corrected chi connectivity index (χ3v) is 7.01. The van der Waals surface area contributed by atoms with Crippen LogP contribution in [0.4, 0.5) is 0 Å². The highest BCUT2D eigenvalue weighted by Gasteiger charge is 2.40. The molecule has 1 N–H and O–H groups in total. The lowest BCUT2D eigenvalue weighted by Gasteiger charge is -2.37. The average Bonchev–Trinajstić information content (AvgIpc) is 3.02. The number of carbonyl (C=O) groups excluding carboxylic acids is 1. The van der Waals surface area contributed by atoms with Gasteiger partial charge in [-0.15, -0.1) is 0 Å². The SMILES string of the molecule is COc1ccc2c(c1OCc1ccccc1)C[C@H](C(=O)O)N(C(=O)[C@H](Oc1ccc(C#N)cc1)c1ccccc1)C2. The van der Waals surface area contributed by atoms with Gasteiger partial charge in [0.25, 0.3) is 5.91 Å². The van der Waals surface area contributed by atoms with Gasteiger partial charge in [0.2, 0.25) is 6.10 Å². The second-order valence-corrected chi connectivity index (χ2v) is 9.58. The zero-order valence-electron chi connectivity index (χ0n) is 22.4. The van der Waals surface area contributed by atoms with Gasteiger partial charge >= 0.3 is 5.97 Å². The molecule has 4 aromatic rings. The molecule has 1 aliphatic heterocycles. The smallest absolute Gasteiger partial charge is 0.326 e.